The van der Waals surface area contributed by atoms with Gasteiger partial charge in [0.2, 0.25) is 0 Å². The number of halogens is 1. The van der Waals surface area contributed by atoms with E-state index < -0.39 is 5.97 Å². The van der Waals surface area contributed by atoms with Crippen LogP contribution in [-0.2, 0) is 4.79 Å². The summed E-state index contributed by atoms with van der Waals surface area (Å²) < 4.78 is 5.58. The van der Waals surface area contributed by atoms with E-state index in [1.54, 1.807) is 42.7 Å². The standard InChI is InChI=1S/C14H10ClNO3/c15-11-2-4-12(5-3-11)19-13-7-10(8-16-9-13)1-6-14(17)18/h1-9H,(H,17,18)/b6-1+. The molecule has 0 fully saturated rings. The fourth-order valence-corrected chi connectivity index (χ4v) is 1.51. The van der Waals surface area contributed by atoms with E-state index >= 15 is 0 Å². The number of benzene rings is 1. The summed E-state index contributed by atoms with van der Waals surface area (Å²) in [4.78, 5) is 14.4. The Balaban J connectivity index is 2.15. The van der Waals surface area contributed by atoms with Gasteiger partial charge in [-0.05, 0) is 42.0 Å². The average molecular weight is 276 g/mol. The first-order valence-electron chi connectivity index (χ1n) is 5.43. The highest BCUT2D eigenvalue weighted by Gasteiger charge is 1.99. The van der Waals surface area contributed by atoms with Crippen LogP contribution in [0.1, 0.15) is 5.56 Å². The second-order valence-electron chi connectivity index (χ2n) is 3.68. The molecule has 1 heterocycles. The number of carboxylic acid groups (broad SMARTS) is 1. The van der Waals surface area contributed by atoms with Gasteiger partial charge in [-0.15, -0.1) is 0 Å². The highest BCUT2D eigenvalue weighted by atomic mass is 35.5. The van der Waals surface area contributed by atoms with Gasteiger partial charge in [0.05, 0.1) is 6.20 Å². The van der Waals surface area contributed by atoms with Gasteiger partial charge in [0.15, 0.2) is 0 Å². The zero-order chi connectivity index (χ0) is 13.7. The van der Waals surface area contributed by atoms with E-state index in [0.29, 0.717) is 22.1 Å². The second-order valence-corrected chi connectivity index (χ2v) is 4.12. The lowest BCUT2D eigenvalue weighted by molar-refractivity contribution is -0.131. The van der Waals surface area contributed by atoms with Crippen LogP contribution in [0.5, 0.6) is 11.5 Å². The van der Waals surface area contributed by atoms with Gasteiger partial charge in [-0.2, -0.15) is 0 Å². The summed E-state index contributed by atoms with van der Waals surface area (Å²) in [5, 5.41) is 9.18. The summed E-state index contributed by atoms with van der Waals surface area (Å²) in [6.07, 6.45) is 5.59. The van der Waals surface area contributed by atoms with Gasteiger partial charge in [0.25, 0.3) is 0 Å². The molecule has 2 rings (SSSR count). The molecule has 0 aliphatic heterocycles. The van der Waals surface area contributed by atoms with E-state index in [0.717, 1.165) is 6.08 Å². The Labute approximate surface area is 114 Å². The Hall–Kier alpha value is -2.33. The Morgan fingerprint density at radius 2 is 1.95 bits per heavy atom. The highest BCUT2D eigenvalue weighted by molar-refractivity contribution is 6.30. The zero-order valence-corrected chi connectivity index (χ0v) is 10.5. The maximum atomic E-state index is 10.4. The average Bonchev–Trinajstić information content (AvgIpc) is 2.40. The Kier molecular flexibility index (Phi) is 4.15. The number of hydrogen-bond donors (Lipinski definition) is 1. The third kappa shape index (κ3) is 4.12. The number of rotatable bonds is 4. The van der Waals surface area contributed by atoms with Gasteiger partial charge in [-0.3, -0.25) is 4.98 Å². The molecule has 0 atom stereocenters. The van der Waals surface area contributed by atoms with Gasteiger partial charge < -0.3 is 9.84 Å². The molecule has 5 heteroatoms. The van der Waals surface area contributed by atoms with Crippen molar-refractivity contribution in [1.29, 1.82) is 0 Å². The lowest BCUT2D eigenvalue weighted by atomic mass is 10.2. The van der Waals surface area contributed by atoms with Gasteiger partial charge >= 0.3 is 5.97 Å². The molecule has 19 heavy (non-hydrogen) atoms. The number of hydrogen-bond acceptors (Lipinski definition) is 3. The van der Waals surface area contributed by atoms with E-state index in [1.165, 1.54) is 6.08 Å². The maximum absolute atomic E-state index is 10.4. The van der Waals surface area contributed by atoms with E-state index in [1.807, 2.05) is 0 Å². The monoisotopic (exact) mass is 275 g/mol. The molecule has 0 aliphatic carbocycles. The molecular weight excluding hydrogens is 266 g/mol. The van der Waals surface area contributed by atoms with Crippen molar-refractivity contribution in [3.05, 3.63) is 59.4 Å². The van der Waals surface area contributed by atoms with Gasteiger partial charge in [0, 0.05) is 17.3 Å². The lowest BCUT2D eigenvalue weighted by Crippen LogP contribution is -1.88. The molecule has 0 spiro atoms. The first-order valence-corrected chi connectivity index (χ1v) is 5.81. The summed E-state index contributed by atoms with van der Waals surface area (Å²) in [6, 6.07) is 8.61. The number of pyridine rings is 1. The Morgan fingerprint density at radius 3 is 2.63 bits per heavy atom. The smallest absolute Gasteiger partial charge is 0.328 e. The quantitative estimate of drug-likeness (QED) is 0.866. The van der Waals surface area contributed by atoms with E-state index in [2.05, 4.69) is 4.98 Å². The van der Waals surface area contributed by atoms with Crippen molar-refractivity contribution in [1.82, 2.24) is 4.98 Å². The van der Waals surface area contributed by atoms with Crippen LogP contribution in [0.4, 0.5) is 0 Å². The first-order chi connectivity index (χ1) is 9.13. The fraction of sp³-hybridized carbons (Fsp3) is 0. The van der Waals surface area contributed by atoms with Crippen LogP contribution in [0, 0.1) is 0 Å². The molecule has 0 bridgehead atoms. The molecule has 0 aliphatic rings. The van der Waals surface area contributed by atoms with Crippen molar-refractivity contribution in [3.63, 3.8) is 0 Å². The van der Waals surface area contributed by atoms with E-state index in [-0.39, 0.29) is 0 Å². The van der Waals surface area contributed by atoms with Crippen LogP contribution >= 0.6 is 11.6 Å². The molecule has 1 aromatic heterocycles. The minimum absolute atomic E-state index is 0.523. The molecule has 0 amide bonds. The van der Waals surface area contributed by atoms with E-state index in [4.69, 9.17) is 21.4 Å². The predicted molar refractivity (Wildman–Crippen MR) is 72.4 cm³/mol. The number of ether oxygens (including phenoxy) is 1. The van der Waals surface area contributed by atoms with Crippen LogP contribution in [0.3, 0.4) is 0 Å². The molecule has 0 unspecified atom stereocenters. The minimum atomic E-state index is -1.01. The molecule has 1 aromatic carbocycles. The first kappa shape index (κ1) is 13.1. The summed E-state index contributed by atoms with van der Waals surface area (Å²) in [7, 11) is 0. The number of nitrogens with zero attached hydrogens (tertiary/aromatic N) is 1. The highest BCUT2D eigenvalue weighted by Crippen LogP contribution is 2.23. The molecular formula is C14H10ClNO3. The number of aromatic nitrogens is 1. The normalized spacial score (nSPS) is 10.6. The largest absolute Gasteiger partial charge is 0.478 e. The summed E-state index contributed by atoms with van der Waals surface area (Å²) in [5.41, 5.74) is 0.647. The van der Waals surface area contributed by atoms with Crippen molar-refractivity contribution in [2.45, 2.75) is 0 Å². The van der Waals surface area contributed by atoms with Gasteiger partial charge in [0.1, 0.15) is 11.5 Å². The van der Waals surface area contributed by atoms with Crippen molar-refractivity contribution in [2.24, 2.45) is 0 Å². The topological polar surface area (TPSA) is 59.4 Å². The van der Waals surface area contributed by atoms with E-state index in [9.17, 15) is 4.79 Å². The molecule has 2 aromatic rings. The Bertz CT molecular complexity index is 608. The van der Waals surface area contributed by atoms with Crippen LogP contribution in [-0.4, -0.2) is 16.1 Å². The molecule has 0 saturated heterocycles. The van der Waals surface area contributed by atoms with Gasteiger partial charge in [-0.25, -0.2) is 4.79 Å². The predicted octanol–water partition coefficient (Wildman–Crippen LogP) is 3.63. The van der Waals surface area contributed by atoms with Crippen molar-refractivity contribution < 1.29 is 14.6 Å². The molecule has 96 valence electrons. The number of aliphatic carboxylic acids is 1. The molecule has 4 nitrogen and oxygen atoms in total. The fourth-order valence-electron chi connectivity index (χ4n) is 1.39. The van der Waals surface area contributed by atoms with Crippen molar-refractivity contribution in [3.8, 4) is 11.5 Å². The molecule has 1 N–H and O–H groups in total. The third-order valence-corrected chi connectivity index (χ3v) is 2.45. The number of carboxylic acids is 1. The molecule has 0 radical (unpaired) electrons. The summed E-state index contributed by atoms with van der Waals surface area (Å²) in [6.45, 7) is 0. The minimum Gasteiger partial charge on any atom is -0.478 e. The Morgan fingerprint density at radius 1 is 1.21 bits per heavy atom. The maximum Gasteiger partial charge on any atom is 0.328 e. The van der Waals surface area contributed by atoms with Crippen LogP contribution in [0.2, 0.25) is 5.02 Å². The van der Waals surface area contributed by atoms with Crippen molar-refractivity contribution >= 4 is 23.6 Å². The van der Waals surface area contributed by atoms with Crippen LogP contribution in [0.15, 0.2) is 48.8 Å². The second kappa shape index (κ2) is 6.02. The van der Waals surface area contributed by atoms with Crippen LogP contribution < -0.4 is 4.74 Å². The third-order valence-electron chi connectivity index (χ3n) is 2.20. The number of carbonyl (C=O) groups is 1. The zero-order valence-electron chi connectivity index (χ0n) is 9.79. The molecule has 0 saturated carbocycles. The summed E-state index contributed by atoms with van der Waals surface area (Å²) >= 11 is 5.78. The lowest BCUT2D eigenvalue weighted by Gasteiger charge is -2.05. The SMILES string of the molecule is O=C(O)/C=C/c1cncc(Oc2ccc(Cl)cc2)c1. The van der Waals surface area contributed by atoms with Crippen molar-refractivity contribution in [2.75, 3.05) is 0 Å². The van der Waals surface area contributed by atoms with Crippen LogP contribution in [0.25, 0.3) is 6.08 Å². The summed E-state index contributed by atoms with van der Waals surface area (Å²) in [5.74, 6) is 0.143. The van der Waals surface area contributed by atoms with Gasteiger partial charge in [-0.1, -0.05) is 11.6 Å².